The average molecular weight is 484 g/mol. The van der Waals surface area contributed by atoms with E-state index in [2.05, 4.69) is 21.0 Å². The van der Waals surface area contributed by atoms with E-state index in [0.29, 0.717) is 6.07 Å². The maximum absolute atomic E-state index is 11.8. The summed E-state index contributed by atoms with van der Waals surface area (Å²) in [4.78, 5) is 41.7. The second-order valence-corrected chi connectivity index (χ2v) is 6.22. The van der Waals surface area contributed by atoms with Crippen LogP contribution in [0, 0.1) is 30.3 Å². The smallest absolute Gasteiger partial charge is 0.318 e. The fraction of sp³-hybridized carbons (Fsp3) is 0.0667. The second kappa shape index (κ2) is 9.37. The van der Waals surface area contributed by atoms with E-state index in [-0.39, 0.29) is 21.5 Å². The number of amides is 1. The lowest BCUT2D eigenvalue weighted by Gasteiger charge is -2.07. The number of rotatable bonds is 8. The van der Waals surface area contributed by atoms with Crippen LogP contribution in [0.2, 0.25) is 0 Å². The number of hydrogen-bond acceptors (Lipinski definition) is 10. The van der Waals surface area contributed by atoms with Crippen molar-refractivity contribution in [3.63, 3.8) is 0 Å². The number of hydrogen-bond donors (Lipinski definition) is 2. The Labute approximate surface area is 174 Å². The van der Waals surface area contributed by atoms with Gasteiger partial charge in [0.15, 0.2) is 6.61 Å². The molecular weight excluding hydrogens is 474 g/mol. The van der Waals surface area contributed by atoms with Gasteiger partial charge in [-0.1, -0.05) is 0 Å². The fourth-order valence-corrected chi connectivity index (χ4v) is 2.52. The minimum atomic E-state index is -1.01. The number of non-ortho nitro benzene ring substituents is 2. The molecule has 30 heavy (non-hydrogen) atoms. The topological polar surface area (TPSA) is 200 Å². The molecule has 0 aromatic heterocycles. The number of nitro groups is 3. The molecule has 0 bridgehead atoms. The molecule has 0 aliphatic rings. The molecule has 0 unspecified atom stereocenters. The summed E-state index contributed by atoms with van der Waals surface area (Å²) in [6.07, 6.45) is 0.787. The quantitative estimate of drug-likeness (QED) is 0.321. The molecule has 0 atom stereocenters. The van der Waals surface area contributed by atoms with Gasteiger partial charge in [0.2, 0.25) is 5.75 Å². The summed E-state index contributed by atoms with van der Waals surface area (Å²) in [5.74, 6) is -1.50. The Morgan fingerprint density at radius 2 is 1.77 bits per heavy atom. The van der Waals surface area contributed by atoms with E-state index in [1.54, 1.807) is 0 Å². The number of carbonyl (C=O) groups is 1. The number of halogens is 1. The van der Waals surface area contributed by atoms with Gasteiger partial charge >= 0.3 is 5.69 Å². The maximum Gasteiger partial charge on any atom is 0.318 e. The summed E-state index contributed by atoms with van der Waals surface area (Å²) in [7, 11) is 0. The largest absolute Gasteiger partial charge is 0.502 e. The molecule has 0 aliphatic carbocycles. The first-order chi connectivity index (χ1) is 14.1. The Hall–Kier alpha value is -4.14. The Kier molecular flexibility index (Phi) is 6.92. The van der Waals surface area contributed by atoms with Crippen molar-refractivity contribution < 1.29 is 29.4 Å². The molecule has 0 aliphatic heterocycles. The Morgan fingerprint density at radius 1 is 1.10 bits per heavy atom. The van der Waals surface area contributed by atoms with Gasteiger partial charge in [-0.05, 0) is 22.0 Å². The van der Waals surface area contributed by atoms with Crippen LogP contribution >= 0.6 is 15.9 Å². The molecule has 1 amide bonds. The third-order valence-corrected chi connectivity index (χ3v) is 4.01. The third kappa shape index (κ3) is 5.44. The summed E-state index contributed by atoms with van der Waals surface area (Å²) >= 11 is 3.06. The van der Waals surface area contributed by atoms with Gasteiger partial charge in [0.1, 0.15) is 5.75 Å². The van der Waals surface area contributed by atoms with Gasteiger partial charge in [0.25, 0.3) is 17.3 Å². The van der Waals surface area contributed by atoms with Crippen molar-refractivity contribution in [3.8, 4) is 11.5 Å². The minimum Gasteiger partial charge on any atom is -0.502 e. The maximum atomic E-state index is 11.8. The van der Waals surface area contributed by atoms with Crippen LogP contribution in [0.3, 0.4) is 0 Å². The van der Waals surface area contributed by atoms with E-state index < -0.39 is 44.4 Å². The van der Waals surface area contributed by atoms with Gasteiger partial charge in [-0.3, -0.25) is 35.1 Å². The molecule has 2 rings (SSSR count). The summed E-state index contributed by atoms with van der Waals surface area (Å²) in [5.41, 5.74) is -0.0990. The highest BCUT2D eigenvalue weighted by molar-refractivity contribution is 9.10. The molecule has 2 aromatic carbocycles. The van der Waals surface area contributed by atoms with Crippen LogP contribution < -0.4 is 10.2 Å². The Morgan fingerprint density at radius 3 is 2.33 bits per heavy atom. The normalized spacial score (nSPS) is 10.6. The van der Waals surface area contributed by atoms with Gasteiger partial charge in [0, 0.05) is 18.2 Å². The highest BCUT2D eigenvalue weighted by Gasteiger charge is 2.23. The zero-order valence-electron chi connectivity index (χ0n) is 14.6. The van der Waals surface area contributed by atoms with Crippen molar-refractivity contribution in [1.82, 2.24) is 5.43 Å². The van der Waals surface area contributed by atoms with E-state index in [1.807, 2.05) is 5.43 Å². The second-order valence-electron chi connectivity index (χ2n) is 5.37. The van der Waals surface area contributed by atoms with E-state index >= 15 is 0 Å². The summed E-state index contributed by atoms with van der Waals surface area (Å²) in [6, 6.07) is 5.06. The van der Waals surface area contributed by atoms with Gasteiger partial charge in [0.05, 0.1) is 37.1 Å². The predicted octanol–water partition coefficient (Wildman–Crippen LogP) is 2.41. The predicted molar refractivity (Wildman–Crippen MR) is 103 cm³/mol. The van der Waals surface area contributed by atoms with Crippen LogP contribution in [0.15, 0.2) is 39.9 Å². The number of ether oxygens (including phenoxy) is 1. The molecule has 0 saturated carbocycles. The molecule has 0 spiro atoms. The number of nitrogens with zero attached hydrogens (tertiary/aromatic N) is 4. The first-order valence-corrected chi connectivity index (χ1v) is 8.44. The lowest BCUT2D eigenvalue weighted by atomic mass is 10.1. The van der Waals surface area contributed by atoms with Crippen LogP contribution in [0.4, 0.5) is 17.1 Å². The number of benzene rings is 2. The highest BCUT2D eigenvalue weighted by atomic mass is 79.9. The van der Waals surface area contributed by atoms with Crippen molar-refractivity contribution in [2.45, 2.75) is 0 Å². The first-order valence-electron chi connectivity index (χ1n) is 7.64. The van der Waals surface area contributed by atoms with E-state index in [4.69, 9.17) is 4.74 Å². The fourth-order valence-electron chi connectivity index (χ4n) is 2.04. The van der Waals surface area contributed by atoms with Gasteiger partial charge < -0.3 is 9.84 Å². The Balaban J connectivity index is 2.05. The molecule has 0 fully saturated rings. The molecule has 2 N–H and O–H groups in total. The molecule has 2 aromatic rings. The zero-order chi connectivity index (χ0) is 22.4. The van der Waals surface area contributed by atoms with Crippen molar-refractivity contribution in [2.24, 2.45) is 5.10 Å². The number of phenols is 1. The zero-order valence-corrected chi connectivity index (χ0v) is 16.1. The number of carbonyl (C=O) groups excluding carboxylic acids is 1. The highest BCUT2D eigenvalue weighted by Crippen LogP contribution is 2.33. The molecule has 0 saturated heterocycles. The number of phenolic OH excluding ortho intramolecular Hbond substituents is 1. The number of nitrogens with one attached hydrogen (secondary N) is 1. The van der Waals surface area contributed by atoms with Gasteiger partial charge in [-0.15, -0.1) is 0 Å². The monoisotopic (exact) mass is 483 g/mol. The standard InChI is InChI=1S/C15H10BrN5O9/c16-11-4-9(19(24)25)1-2-13(11)30-7-14(22)18-17-6-8-3-10(20(26)27)5-12(15(8)23)21(28)29/h1-6,23H,7H2,(H,18,22). The van der Waals surface area contributed by atoms with Crippen LogP contribution in [0.5, 0.6) is 11.5 Å². The van der Waals surface area contributed by atoms with E-state index in [9.17, 15) is 40.2 Å². The Bertz CT molecular complexity index is 1070. The van der Waals surface area contributed by atoms with Crippen molar-refractivity contribution in [2.75, 3.05) is 6.61 Å². The summed E-state index contributed by atoms with van der Waals surface area (Å²) in [5, 5.41) is 45.7. The first kappa shape index (κ1) is 22.2. The minimum absolute atomic E-state index is 0.145. The molecule has 0 radical (unpaired) electrons. The van der Waals surface area contributed by atoms with Crippen LogP contribution in [0.25, 0.3) is 0 Å². The lowest BCUT2D eigenvalue weighted by Crippen LogP contribution is -2.24. The van der Waals surface area contributed by atoms with Crippen LogP contribution in [-0.4, -0.2) is 38.6 Å². The molecule has 14 nitrogen and oxygen atoms in total. The van der Waals surface area contributed by atoms with E-state index in [0.717, 1.165) is 12.3 Å². The molecule has 156 valence electrons. The summed E-state index contributed by atoms with van der Waals surface area (Å²) < 4.78 is 5.42. The molecule has 15 heteroatoms. The number of aromatic hydroxyl groups is 1. The van der Waals surface area contributed by atoms with E-state index in [1.165, 1.54) is 18.2 Å². The van der Waals surface area contributed by atoms with Crippen molar-refractivity contribution >= 4 is 45.1 Å². The van der Waals surface area contributed by atoms with Crippen LogP contribution in [0.1, 0.15) is 5.56 Å². The van der Waals surface area contributed by atoms with Crippen molar-refractivity contribution in [3.05, 3.63) is 70.7 Å². The third-order valence-electron chi connectivity index (χ3n) is 3.39. The average Bonchev–Trinajstić information content (AvgIpc) is 2.67. The number of nitro benzene ring substituents is 3. The number of hydrazone groups is 1. The molecule has 0 heterocycles. The molecular formula is C15H10BrN5O9. The van der Waals surface area contributed by atoms with Gasteiger partial charge in [-0.25, -0.2) is 5.43 Å². The van der Waals surface area contributed by atoms with Gasteiger partial charge in [-0.2, -0.15) is 5.10 Å². The SMILES string of the molecule is O=C(COc1ccc([N+](=O)[O-])cc1Br)NN=Cc1cc([N+](=O)[O-])cc([N+](=O)[O-])c1O. The van der Waals surface area contributed by atoms with Crippen LogP contribution in [-0.2, 0) is 4.79 Å². The lowest BCUT2D eigenvalue weighted by molar-refractivity contribution is -0.394. The summed E-state index contributed by atoms with van der Waals surface area (Å²) in [6.45, 7) is -0.547. The van der Waals surface area contributed by atoms with Crippen molar-refractivity contribution in [1.29, 1.82) is 0 Å².